The summed E-state index contributed by atoms with van der Waals surface area (Å²) in [6.07, 6.45) is 4.21. The Morgan fingerprint density at radius 1 is 1.28 bits per heavy atom. The van der Waals surface area contributed by atoms with Gasteiger partial charge >= 0.3 is 0 Å². The third-order valence-corrected chi connectivity index (χ3v) is 8.29. The maximum atomic E-state index is 13.0. The molecular weight excluding hydrogens is 472 g/mol. The van der Waals surface area contributed by atoms with E-state index in [1.807, 2.05) is 6.92 Å². The summed E-state index contributed by atoms with van der Waals surface area (Å²) in [7, 11) is -3.65. The molecule has 2 N–H and O–H groups in total. The van der Waals surface area contributed by atoms with E-state index in [0.29, 0.717) is 30.4 Å². The predicted molar refractivity (Wildman–Crippen MR) is 127 cm³/mol. The number of aryl methyl sites for hydroxylation is 1. The highest BCUT2D eigenvalue weighted by Crippen LogP contribution is 2.29. The number of benzene rings is 1. The maximum Gasteiger partial charge on any atom is 0.251 e. The molecule has 1 amide bonds. The lowest BCUT2D eigenvalue weighted by Gasteiger charge is -2.26. The van der Waals surface area contributed by atoms with E-state index < -0.39 is 15.3 Å². The van der Waals surface area contributed by atoms with Crippen LogP contribution in [-0.4, -0.2) is 46.9 Å². The molecule has 0 saturated carbocycles. The number of hydrogen-bond acceptors (Lipinski definition) is 6. The Labute approximate surface area is 197 Å². The molecule has 1 atom stereocenters. The van der Waals surface area contributed by atoms with Gasteiger partial charge in [-0.2, -0.15) is 4.31 Å². The van der Waals surface area contributed by atoms with Crippen LogP contribution in [-0.2, 0) is 21.2 Å². The number of halogens is 1. The molecule has 32 heavy (non-hydrogen) atoms. The number of aromatic amines is 1. The average molecular weight is 499 g/mol. The standard InChI is InChI=1S/C21H27ClN4O4S2/c1-3-7-15-12-19(27)25-21(23-15)31-14(2)20(28)24-18-13-16(8-9-17(18)22)32(29,30)26-10-5-4-6-11-26/h8-9,12-14H,3-7,10-11H2,1-2H3,(H,24,28)(H,23,25,27)/t14-/m1/s1. The van der Waals surface area contributed by atoms with E-state index in [0.717, 1.165) is 37.4 Å². The highest BCUT2D eigenvalue weighted by atomic mass is 35.5. The second-order valence-electron chi connectivity index (χ2n) is 7.65. The minimum atomic E-state index is -3.65. The number of carbonyl (C=O) groups is 1. The number of aromatic nitrogens is 2. The van der Waals surface area contributed by atoms with Crippen LogP contribution in [0, 0.1) is 0 Å². The molecule has 1 aliphatic heterocycles. The highest BCUT2D eigenvalue weighted by molar-refractivity contribution is 8.00. The Morgan fingerprint density at radius 3 is 2.69 bits per heavy atom. The van der Waals surface area contributed by atoms with Crippen molar-refractivity contribution in [3.63, 3.8) is 0 Å². The zero-order valence-electron chi connectivity index (χ0n) is 18.1. The Hall–Kier alpha value is -1.88. The summed E-state index contributed by atoms with van der Waals surface area (Å²) in [5, 5.41) is 2.70. The highest BCUT2D eigenvalue weighted by Gasteiger charge is 2.27. The molecule has 0 unspecified atom stereocenters. The van der Waals surface area contributed by atoms with E-state index in [1.165, 1.54) is 28.6 Å². The van der Waals surface area contributed by atoms with Crippen LogP contribution in [0.5, 0.6) is 0 Å². The van der Waals surface area contributed by atoms with Crippen molar-refractivity contribution in [2.24, 2.45) is 0 Å². The van der Waals surface area contributed by atoms with Crippen LogP contribution in [0.4, 0.5) is 5.69 Å². The van der Waals surface area contributed by atoms with Crippen molar-refractivity contribution >= 4 is 45.0 Å². The average Bonchev–Trinajstić information content (AvgIpc) is 2.75. The van der Waals surface area contributed by atoms with E-state index >= 15 is 0 Å². The van der Waals surface area contributed by atoms with Crippen molar-refractivity contribution in [2.75, 3.05) is 18.4 Å². The Balaban J connectivity index is 1.74. The van der Waals surface area contributed by atoms with Gasteiger partial charge in [-0.25, -0.2) is 13.4 Å². The normalized spacial score (nSPS) is 16.0. The lowest BCUT2D eigenvalue weighted by atomic mass is 10.2. The van der Waals surface area contributed by atoms with Crippen LogP contribution >= 0.6 is 23.4 Å². The van der Waals surface area contributed by atoms with Gasteiger partial charge in [-0.15, -0.1) is 0 Å². The van der Waals surface area contributed by atoms with Crippen molar-refractivity contribution in [3.05, 3.63) is 45.3 Å². The monoisotopic (exact) mass is 498 g/mol. The number of piperidine rings is 1. The number of thioether (sulfide) groups is 1. The zero-order chi connectivity index (χ0) is 23.3. The number of sulfonamides is 1. The number of hydrogen-bond donors (Lipinski definition) is 2. The fourth-order valence-corrected chi connectivity index (χ4v) is 5.93. The summed E-state index contributed by atoms with van der Waals surface area (Å²) in [6.45, 7) is 4.65. The fraction of sp³-hybridized carbons (Fsp3) is 0.476. The van der Waals surface area contributed by atoms with Gasteiger partial charge in [0.2, 0.25) is 15.9 Å². The van der Waals surface area contributed by atoms with Crippen molar-refractivity contribution in [2.45, 2.75) is 61.3 Å². The molecule has 1 saturated heterocycles. The summed E-state index contributed by atoms with van der Waals surface area (Å²) in [5.41, 5.74) is 0.630. The number of anilines is 1. The molecule has 2 aromatic rings. The zero-order valence-corrected chi connectivity index (χ0v) is 20.4. The quantitative estimate of drug-likeness (QED) is 0.424. The molecule has 1 aliphatic rings. The molecule has 0 spiro atoms. The lowest BCUT2D eigenvalue weighted by Crippen LogP contribution is -2.35. The third-order valence-electron chi connectivity index (χ3n) is 5.09. The molecule has 2 heterocycles. The van der Waals surface area contributed by atoms with Crippen molar-refractivity contribution in [1.29, 1.82) is 0 Å². The van der Waals surface area contributed by atoms with Gasteiger partial charge in [0, 0.05) is 24.8 Å². The topological polar surface area (TPSA) is 112 Å². The van der Waals surface area contributed by atoms with Gasteiger partial charge in [-0.05, 0) is 44.4 Å². The van der Waals surface area contributed by atoms with Gasteiger partial charge < -0.3 is 10.3 Å². The Kier molecular flexibility index (Phi) is 8.37. The minimum Gasteiger partial charge on any atom is -0.324 e. The number of amides is 1. The van der Waals surface area contributed by atoms with Gasteiger partial charge in [0.05, 0.1) is 20.9 Å². The van der Waals surface area contributed by atoms with Gasteiger partial charge in [-0.3, -0.25) is 9.59 Å². The van der Waals surface area contributed by atoms with Crippen molar-refractivity contribution in [3.8, 4) is 0 Å². The second-order valence-corrected chi connectivity index (χ2v) is 11.3. The predicted octanol–water partition coefficient (Wildman–Crippen LogP) is 3.67. The van der Waals surface area contributed by atoms with Gasteiger partial charge in [0.1, 0.15) is 0 Å². The molecule has 174 valence electrons. The second kappa shape index (κ2) is 10.8. The molecule has 3 rings (SSSR count). The third kappa shape index (κ3) is 6.12. The molecule has 11 heteroatoms. The van der Waals surface area contributed by atoms with Crippen molar-refractivity contribution in [1.82, 2.24) is 14.3 Å². The number of nitrogens with zero attached hydrogens (tertiary/aromatic N) is 2. The molecule has 1 fully saturated rings. The summed E-state index contributed by atoms with van der Waals surface area (Å²) < 4.78 is 27.4. The first kappa shape index (κ1) is 24.8. The SMILES string of the molecule is CCCc1cc(=O)[nH]c(S[C@H](C)C(=O)Nc2cc(S(=O)(=O)N3CCCCC3)ccc2Cl)n1. The largest absolute Gasteiger partial charge is 0.324 e. The lowest BCUT2D eigenvalue weighted by molar-refractivity contribution is -0.115. The van der Waals surface area contributed by atoms with Crippen LogP contribution in [0.15, 0.2) is 39.1 Å². The number of carbonyl (C=O) groups excluding carboxylic acids is 1. The van der Waals surface area contributed by atoms with Crippen LogP contribution in [0.3, 0.4) is 0 Å². The number of H-pyrrole nitrogens is 1. The van der Waals surface area contributed by atoms with E-state index in [1.54, 1.807) is 6.92 Å². The molecule has 1 aromatic carbocycles. The maximum absolute atomic E-state index is 13.0. The summed E-state index contributed by atoms with van der Waals surface area (Å²) in [6, 6.07) is 5.77. The van der Waals surface area contributed by atoms with Gasteiger partial charge in [0.15, 0.2) is 5.16 Å². The van der Waals surface area contributed by atoms with E-state index in [4.69, 9.17) is 11.6 Å². The number of rotatable bonds is 8. The van der Waals surface area contributed by atoms with Gasteiger partial charge in [0.25, 0.3) is 5.56 Å². The molecular formula is C21H27ClN4O4S2. The fourth-order valence-electron chi connectivity index (χ4n) is 3.39. The molecule has 0 radical (unpaired) electrons. The van der Waals surface area contributed by atoms with Gasteiger partial charge in [-0.1, -0.05) is 43.1 Å². The van der Waals surface area contributed by atoms with Crippen LogP contribution in [0.2, 0.25) is 5.02 Å². The summed E-state index contributed by atoms with van der Waals surface area (Å²) in [4.78, 5) is 31.7. The summed E-state index contributed by atoms with van der Waals surface area (Å²) >= 11 is 7.34. The minimum absolute atomic E-state index is 0.0951. The smallest absolute Gasteiger partial charge is 0.251 e. The molecule has 0 bridgehead atoms. The first-order valence-electron chi connectivity index (χ1n) is 10.6. The Morgan fingerprint density at radius 2 is 2.00 bits per heavy atom. The van der Waals surface area contributed by atoms with Crippen LogP contribution in [0.25, 0.3) is 0 Å². The number of nitrogens with one attached hydrogen (secondary N) is 2. The van der Waals surface area contributed by atoms with Crippen LogP contribution < -0.4 is 10.9 Å². The molecule has 8 nitrogen and oxygen atoms in total. The summed E-state index contributed by atoms with van der Waals surface area (Å²) in [5.74, 6) is -0.382. The van der Waals surface area contributed by atoms with Crippen LogP contribution in [0.1, 0.15) is 45.2 Å². The van der Waals surface area contributed by atoms with E-state index in [2.05, 4.69) is 15.3 Å². The Bertz CT molecular complexity index is 1130. The van der Waals surface area contributed by atoms with Crippen molar-refractivity contribution < 1.29 is 13.2 Å². The first-order valence-corrected chi connectivity index (χ1v) is 13.3. The van der Waals surface area contributed by atoms with E-state index in [-0.39, 0.29) is 27.1 Å². The molecule has 1 aromatic heterocycles. The first-order chi connectivity index (χ1) is 15.2. The van der Waals surface area contributed by atoms with E-state index in [9.17, 15) is 18.0 Å². The molecule has 0 aliphatic carbocycles.